The number of amides is 1. The fourth-order valence-corrected chi connectivity index (χ4v) is 5.16. The highest BCUT2D eigenvalue weighted by Gasteiger charge is 2.19. The van der Waals surface area contributed by atoms with Gasteiger partial charge in [-0.25, -0.2) is 0 Å². The van der Waals surface area contributed by atoms with Crippen LogP contribution in [0.25, 0.3) is 0 Å². The summed E-state index contributed by atoms with van der Waals surface area (Å²) in [6, 6.07) is 6.87. The first kappa shape index (κ1) is 18.8. The molecule has 0 aliphatic carbocycles. The Labute approximate surface area is 135 Å². The quantitative estimate of drug-likeness (QED) is 0.530. The fraction of sp³-hybridized carbons (Fsp3) is 0.400. The number of nitrogens with one attached hydrogen (secondary N) is 1. The Morgan fingerprint density at radius 1 is 1.41 bits per heavy atom. The van der Waals surface area contributed by atoms with Crippen molar-refractivity contribution in [3.05, 3.63) is 41.7 Å². The molecule has 0 saturated heterocycles. The van der Waals surface area contributed by atoms with E-state index < -0.39 is 6.57 Å². The van der Waals surface area contributed by atoms with Crippen molar-refractivity contribution in [2.75, 3.05) is 18.9 Å². The summed E-state index contributed by atoms with van der Waals surface area (Å²) in [5.74, 6) is 2.26. The second kappa shape index (κ2) is 9.72. The van der Waals surface area contributed by atoms with Crippen LogP contribution in [0.1, 0.15) is 19.4 Å². The van der Waals surface area contributed by atoms with Crippen LogP contribution in [0.5, 0.6) is 5.75 Å². The van der Waals surface area contributed by atoms with Gasteiger partial charge in [0, 0.05) is 25.0 Å². The predicted molar refractivity (Wildman–Crippen MR) is 91.3 cm³/mol. The minimum absolute atomic E-state index is 0.102. The molecule has 122 valence electrons. The van der Waals surface area contributed by atoms with Crippen LogP contribution in [0.2, 0.25) is 0 Å². The van der Waals surface area contributed by atoms with Gasteiger partial charge in [-0.3, -0.25) is 9.36 Å². The summed E-state index contributed by atoms with van der Waals surface area (Å²) in [7, 11) is 0. The van der Waals surface area contributed by atoms with Crippen LogP contribution < -0.4 is 5.32 Å². The molecule has 1 aromatic carbocycles. The van der Waals surface area contributed by atoms with Crippen molar-refractivity contribution in [3.8, 4) is 5.75 Å². The van der Waals surface area contributed by atoms with E-state index in [2.05, 4.69) is 5.32 Å². The number of rotatable bonds is 9. The maximum atomic E-state index is 12.6. The molecule has 1 aromatic rings. The molecular weight excluding hydrogens is 321 g/mol. The molecule has 0 heterocycles. The highest BCUT2D eigenvalue weighted by atomic mass is 32.7. The third kappa shape index (κ3) is 7.69. The summed E-state index contributed by atoms with van der Waals surface area (Å²) in [6.45, 7) is 1.19. The molecule has 22 heavy (non-hydrogen) atoms. The van der Waals surface area contributed by atoms with Gasteiger partial charge in [0.15, 0.2) is 0 Å². The van der Waals surface area contributed by atoms with E-state index in [0.717, 1.165) is 5.56 Å². The molecule has 0 spiro atoms. The van der Waals surface area contributed by atoms with Crippen molar-refractivity contribution in [2.45, 2.75) is 20.3 Å². The molecular formula is C15H22NO4PS. The molecule has 1 rings (SSSR count). The van der Waals surface area contributed by atoms with Gasteiger partial charge in [-0.1, -0.05) is 29.6 Å². The Morgan fingerprint density at radius 2 is 2.09 bits per heavy atom. The van der Waals surface area contributed by atoms with Gasteiger partial charge in [-0.2, -0.15) is 0 Å². The lowest BCUT2D eigenvalue weighted by atomic mass is 10.1. The highest BCUT2D eigenvalue weighted by Crippen LogP contribution is 2.60. The number of carbonyl (C=O) groups is 1. The molecule has 0 bridgehead atoms. The molecule has 2 N–H and O–H groups in total. The minimum Gasteiger partial charge on any atom is -0.508 e. The van der Waals surface area contributed by atoms with Crippen molar-refractivity contribution in [2.24, 2.45) is 0 Å². The molecule has 1 unspecified atom stereocenters. The summed E-state index contributed by atoms with van der Waals surface area (Å²) >= 11 is 1.22. The molecule has 7 heteroatoms. The Kier molecular flexibility index (Phi) is 8.31. The number of phenols is 1. The fourth-order valence-electron chi connectivity index (χ4n) is 1.65. The predicted octanol–water partition coefficient (Wildman–Crippen LogP) is 3.55. The van der Waals surface area contributed by atoms with Crippen LogP contribution in [0.3, 0.4) is 0 Å². The number of benzene rings is 1. The lowest BCUT2D eigenvalue weighted by Crippen LogP contribution is -2.22. The molecule has 5 nitrogen and oxygen atoms in total. The van der Waals surface area contributed by atoms with Crippen molar-refractivity contribution in [3.63, 3.8) is 0 Å². The Morgan fingerprint density at radius 3 is 2.68 bits per heavy atom. The third-order valence-corrected chi connectivity index (χ3v) is 6.88. The average Bonchev–Trinajstić information content (AvgIpc) is 2.46. The van der Waals surface area contributed by atoms with Gasteiger partial charge in [0.25, 0.3) is 6.57 Å². The molecule has 0 fully saturated rings. The maximum absolute atomic E-state index is 12.6. The van der Waals surface area contributed by atoms with Crippen molar-refractivity contribution in [1.82, 2.24) is 5.32 Å². The normalized spacial score (nSPS) is 13.9. The summed E-state index contributed by atoms with van der Waals surface area (Å²) in [6.07, 6.45) is 2.43. The molecule has 0 aliphatic rings. The van der Waals surface area contributed by atoms with E-state index in [1.807, 2.05) is 18.2 Å². The second-order valence-corrected chi connectivity index (χ2v) is 9.13. The van der Waals surface area contributed by atoms with Crippen molar-refractivity contribution in [1.29, 1.82) is 0 Å². The van der Waals surface area contributed by atoms with Gasteiger partial charge in [-0.05, 0) is 31.0 Å². The zero-order valence-electron chi connectivity index (χ0n) is 12.8. The standard InChI is InChI=1S/C15H22NO4PS/c1-3-20-21(19,22-12-10-16-13(2)17)11-4-5-14-6-8-15(18)9-7-14/h4,6-9,11,18H,3,5,10,12H2,1-2H3,(H,16,17)/b11-4+. The summed E-state index contributed by atoms with van der Waals surface area (Å²) in [4.78, 5) is 10.8. The first-order chi connectivity index (χ1) is 10.4. The molecule has 1 atom stereocenters. The van der Waals surface area contributed by atoms with E-state index in [0.29, 0.717) is 25.3 Å². The Hall–Kier alpha value is -1.23. The Bertz CT molecular complexity index is 545. The van der Waals surface area contributed by atoms with Crippen molar-refractivity contribution < 1.29 is 19.0 Å². The largest absolute Gasteiger partial charge is 0.508 e. The van der Waals surface area contributed by atoms with Crippen LogP contribution >= 0.6 is 18.0 Å². The lowest BCUT2D eigenvalue weighted by Gasteiger charge is -2.13. The number of phenolic OH excluding ortho intramolecular Hbond substituents is 1. The molecule has 1 amide bonds. The monoisotopic (exact) mass is 343 g/mol. The maximum Gasteiger partial charge on any atom is 0.279 e. The van der Waals surface area contributed by atoms with Crippen LogP contribution in [-0.4, -0.2) is 29.9 Å². The van der Waals surface area contributed by atoms with Crippen LogP contribution in [0, 0.1) is 0 Å². The average molecular weight is 343 g/mol. The lowest BCUT2D eigenvalue weighted by molar-refractivity contribution is -0.118. The smallest absolute Gasteiger partial charge is 0.279 e. The van der Waals surface area contributed by atoms with E-state index in [-0.39, 0.29) is 11.7 Å². The molecule has 0 aromatic heterocycles. The van der Waals surface area contributed by atoms with Crippen LogP contribution in [0.15, 0.2) is 36.2 Å². The number of carbonyl (C=O) groups excluding carboxylic acids is 1. The molecule has 0 radical (unpaired) electrons. The summed E-state index contributed by atoms with van der Waals surface area (Å²) in [5.41, 5.74) is 1.01. The van der Waals surface area contributed by atoms with E-state index >= 15 is 0 Å². The zero-order valence-corrected chi connectivity index (χ0v) is 14.5. The first-order valence-corrected chi connectivity index (χ1v) is 10.3. The molecule has 0 aliphatic heterocycles. The topological polar surface area (TPSA) is 75.6 Å². The van der Waals surface area contributed by atoms with E-state index in [9.17, 15) is 14.5 Å². The summed E-state index contributed by atoms with van der Waals surface area (Å²) < 4.78 is 18.0. The van der Waals surface area contributed by atoms with Crippen LogP contribution in [0.4, 0.5) is 0 Å². The molecule has 0 saturated carbocycles. The number of allylic oxidation sites excluding steroid dienone is 1. The highest BCUT2D eigenvalue weighted by molar-refractivity contribution is 8.57. The third-order valence-electron chi connectivity index (χ3n) is 2.63. The van der Waals surface area contributed by atoms with E-state index in [4.69, 9.17) is 4.52 Å². The van der Waals surface area contributed by atoms with Gasteiger partial charge in [-0.15, -0.1) is 0 Å². The first-order valence-electron chi connectivity index (χ1n) is 7.04. The van der Waals surface area contributed by atoms with E-state index in [1.54, 1.807) is 24.9 Å². The van der Waals surface area contributed by atoms with Gasteiger partial charge >= 0.3 is 0 Å². The van der Waals surface area contributed by atoms with Gasteiger partial charge in [0.05, 0.1) is 6.61 Å². The summed E-state index contributed by atoms with van der Waals surface area (Å²) in [5, 5.41) is 11.9. The zero-order chi connectivity index (χ0) is 16.4. The van der Waals surface area contributed by atoms with Crippen LogP contribution in [-0.2, 0) is 20.3 Å². The number of hydrogen-bond donors (Lipinski definition) is 2. The van der Waals surface area contributed by atoms with Crippen molar-refractivity contribution >= 4 is 23.9 Å². The second-order valence-electron chi connectivity index (χ2n) is 4.53. The minimum atomic E-state index is -2.89. The van der Waals surface area contributed by atoms with Gasteiger partial charge in [0.2, 0.25) is 5.91 Å². The van der Waals surface area contributed by atoms with E-state index in [1.165, 1.54) is 18.3 Å². The van der Waals surface area contributed by atoms with Gasteiger partial charge in [0.1, 0.15) is 5.75 Å². The number of hydrogen-bond acceptors (Lipinski definition) is 5. The Balaban J connectivity index is 2.53. The SMILES string of the molecule is CCOP(=O)(/C=C/Cc1ccc(O)cc1)SCCNC(C)=O. The number of aromatic hydroxyl groups is 1. The van der Waals surface area contributed by atoms with Gasteiger partial charge < -0.3 is 14.9 Å².